The summed E-state index contributed by atoms with van der Waals surface area (Å²) in [7, 11) is 0. The first-order chi connectivity index (χ1) is 7.44. The molecule has 94 valence electrons. The van der Waals surface area contributed by atoms with Crippen LogP contribution in [0.1, 0.15) is 6.92 Å². The Balaban J connectivity index is 2.47. The summed E-state index contributed by atoms with van der Waals surface area (Å²) in [5.41, 5.74) is 0. The van der Waals surface area contributed by atoms with Gasteiger partial charge in [-0.05, 0) is 6.92 Å². The number of rotatable bonds is 5. The van der Waals surface area contributed by atoms with Gasteiger partial charge in [0.2, 0.25) is 0 Å². The molecular weight excluding hydrogens is 227 g/mol. The SMILES string of the molecule is CCOC(=O)C(NCC(F)(F)F)C1COC1. The van der Waals surface area contributed by atoms with Crippen molar-refractivity contribution in [3.05, 3.63) is 0 Å². The molecule has 16 heavy (non-hydrogen) atoms. The van der Waals surface area contributed by atoms with Gasteiger partial charge in [0.05, 0.1) is 26.4 Å². The lowest BCUT2D eigenvalue weighted by molar-refractivity contribution is -0.158. The van der Waals surface area contributed by atoms with Crippen LogP contribution in [0.2, 0.25) is 0 Å². The number of nitrogens with one attached hydrogen (secondary N) is 1. The van der Waals surface area contributed by atoms with Crippen LogP contribution in [0.4, 0.5) is 13.2 Å². The third-order valence-corrected chi connectivity index (χ3v) is 2.20. The highest BCUT2D eigenvalue weighted by Gasteiger charge is 2.37. The quantitative estimate of drug-likeness (QED) is 0.720. The normalized spacial score (nSPS) is 19.0. The molecule has 1 aliphatic rings. The van der Waals surface area contributed by atoms with E-state index < -0.39 is 24.7 Å². The van der Waals surface area contributed by atoms with E-state index in [0.717, 1.165) is 0 Å². The first-order valence-corrected chi connectivity index (χ1v) is 4.98. The summed E-state index contributed by atoms with van der Waals surface area (Å²) in [5, 5.41) is 2.17. The van der Waals surface area contributed by atoms with Crippen molar-refractivity contribution in [2.75, 3.05) is 26.4 Å². The minimum absolute atomic E-state index is 0.149. The number of carbonyl (C=O) groups is 1. The topological polar surface area (TPSA) is 47.6 Å². The van der Waals surface area contributed by atoms with Gasteiger partial charge in [0, 0.05) is 5.92 Å². The van der Waals surface area contributed by atoms with Gasteiger partial charge in [-0.2, -0.15) is 13.2 Å². The van der Waals surface area contributed by atoms with Crippen molar-refractivity contribution in [2.45, 2.75) is 19.1 Å². The molecule has 1 fully saturated rings. The van der Waals surface area contributed by atoms with Crippen molar-refractivity contribution in [1.29, 1.82) is 0 Å². The fourth-order valence-electron chi connectivity index (χ4n) is 1.35. The molecule has 1 aliphatic heterocycles. The van der Waals surface area contributed by atoms with Crippen LogP contribution in [0.25, 0.3) is 0 Å². The monoisotopic (exact) mass is 241 g/mol. The molecule has 7 heteroatoms. The Hall–Kier alpha value is -0.820. The van der Waals surface area contributed by atoms with Crippen molar-refractivity contribution >= 4 is 5.97 Å². The molecule has 1 atom stereocenters. The number of halogens is 3. The van der Waals surface area contributed by atoms with Crippen molar-refractivity contribution in [3.8, 4) is 0 Å². The van der Waals surface area contributed by atoms with Crippen LogP contribution in [0.15, 0.2) is 0 Å². The van der Waals surface area contributed by atoms with Crippen LogP contribution in [0.5, 0.6) is 0 Å². The van der Waals surface area contributed by atoms with Gasteiger partial charge in [0.1, 0.15) is 6.04 Å². The molecule has 0 aliphatic carbocycles. The van der Waals surface area contributed by atoms with E-state index in [1.807, 2.05) is 0 Å². The largest absolute Gasteiger partial charge is 0.465 e. The maximum atomic E-state index is 12.0. The molecule has 0 bridgehead atoms. The van der Waals surface area contributed by atoms with E-state index in [1.54, 1.807) is 6.92 Å². The molecule has 1 unspecified atom stereocenters. The second-order valence-electron chi connectivity index (χ2n) is 3.52. The van der Waals surface area contributed by atoms with E-state index in [9.17, 15) is 18.0 Å². The molecule has 0 radical (unpaired) electrons. The predicted molar refractivity (Wildman–Crippen MR) is 48.8 cm³/mol. The van der Waals surface area contributed by atoms with Crippen LogP contribution in [0.3, 0.4) is 0 Å². The second kappa shape index (κ2) is 5.49. The summed E-state index contributed by atoms with van der Waals surface area (Å²) in [6.07, 6.45) is -4.34. The van der Waals surface area contributed by atoms with E-state index >= 15 is 0 Å². The maximum absolute atomic E-state index is 12.0. The minimum Gasteiger partial charge on any atom is -0.465 e. The lowest BCUT2D eigenvalue weighted by atomic mass is 9.98. The average molecular weight is 241 g/mol. The van der Waals surface area contributed by atoms with Crippen LogP contribution < -0.4 is 5.32 Å². The zero-order valence-electron chi connectivity index (χ0n) is 8.84. The van der Waals surface area contributed by atoms with Gasteiger partial charge < -0.3 is 9.47 Å². The molecule has 0 saturated carbocycles. The zero-order valence-corrected chi connectivity index (χ0v) is 8.84. The highest BCUT2D eigenvalue weighted by Crippen LogP contribution is 2.18. The summed E-state index contributed by atoms with van der Waals surface area (Å²) in [6.45, 7) is 1.13. The number of ether oxygens (including phenoxy) is 2. The molecule has 0 aromatic heterocycles. The highest BCUT2D eigenvalue weighted by atomic mass is 19.4. The number of hydrogen-bond acceptors (Lipinski definition) is 4. The zero-order chi connectivity index (χ0) is 12.2. The Morgan fingerprint density at radius 2 is 2.19 bits per heavy atom. The van der Waals surface area contributed by atoms with Crippen LogP contribution >= 0.6 is 0 Å². The molecular formula is C9H14F3NO3. The van der Waals surface area contributed by atoms with E-state index in [-0.39, 0.29) is 25.7 Å². The smallest absolute Gasteiger partial charge is 0.401 e. The fourth-order valence-corrected chi connectivity index (χ4v) is 1.35. The van der Waals surface area contributed by atoms with Crippen molar-refractivity contribution in [1.82, 2.24) is 5.32 Å². The summed E-state index contributed by atoms with van der Waals surface area (Å²) in [6, 6.07) is -0.935. The molecule has 0 aromatic rings. The Kier molecular flexibility index (Phi) is 4.55. The lowest BCUT2D eigenvalue weighted by Crippen LogP contribution is -2.53. The average Bonchev–Trinajstić information content (AvgIpc) is 2.07. The van der Waals surface area contributed by atoms with E-state index in [1.165, 1.54) is 0 Å². The van der Waals surface area contributed by atoms with Gasteiger partial charge in [-0.15, -0.1) is 0 Å². The standard InChI is InChI=1S/C9H14F3NO3/c1-2-16-8(14)7(6-3-15-4-6)13-5-9(10,11)12/h6-7,13H,2-5H2,1H3. The molecule has 1 rings (SSSR count). The van der Waals surface area contributed by atoms with E-state index in [4.69, 9.17) is 9.47 Å². The first kappa shape index (κ1) is 13.2. The van der Waals surface area contributed by atoms with E-state index in [2.05, 4.69) is 5.32 Å². The number of esters is 1. The molecule has 1 N–H and O–H groups in total. The van der Waals surface area contributed by atoms with Crippen LogP contribution in [-0.2, 0) is 14.3 Å². The molecule has 0 aromatic carbocycles. The Morgan fingerprint density at radius 1 is 1.56 bits per heavy atom. The third-order valence-electron chi connectivity index (χ3n) is 2.20. The van der Waals surface area contributed by atoms with E-state index in [0.29, 0.717) is 0 Å². The minimum atomic E-state index is -4.34. The summed E-state index contributed by atoms with van der Waals surface area (Å²) in [4.78, 5) is 11.4. The fraction of sp³-hybridized carbons (Fsp3) is 0.889. The third kappa shape index (κ3) is 3.97. The summed E-state index contributed by atoms with van der Waals surface area (Å²) in [5.74, 6) is -0.888. The predicted octanol–water partition coefficient (Wildman–Crippen LogP) is 0.716. The van der Waals surface area contributed by atoms with Crippen LogP contribution in [0, 0.1) is 5.92 Å². The lowest BCUT2D eigenvalue weighted by Gasteiger charge is -2.32. The number of alkyl halides is 3. The molecule has 1 heterocycles. The van der Waals surface area contributed by atoms with Gasteiger partial charge in [0.25, 0.3) is 0 Å². The highest BCUT2D eigenvalue weighted by molar-refractivity contribution is 5.76. The maximum Gasteiger partial charge on any atom is 0.401 e. The Bertz CT molecular complexity index is 241. The van der Waals surface area contributed by atoms with Crippen molar-refractivity contribution in [3.63, 3.8) is 0 Å². The number of hydrogen-bond donors (Lipinski definition) is 1. The molecule has 4 nitrogen and oxygen atoms in total. The van der Waals surface area contributed by atoms with Crippen molar-refractivity contribution < 1.29 is 27.4 Å². The van der Waals surface area contributed by atoms with Crippen LogP contribution in [-0.4, -0.2) is 44.6 Å². The van der Waals surface area contributed by atoms with Gasteiger partial charge >= 0.3 is 12.1 Å². The molecule has 0 amide bonds. The van der Waals surface area contributed by atoms with Gasteiger partial charge in [-0.3, -0.25) is 10.1 Å². The molecule has 1 saturated heterocycles. The van der Waals surface area contributed by atoms with Gasteiger partial charge in [-0.25, -0.2) is 0 Å². The summed E-state index contributed by atoms with van der Waals surface area (Å²) < 4.78 is 45.6. The number of carbonyl (C=O) groups excluding carboxylic acids is 1. The second-order valence-corrected chi connectivity index (χ2v) is 3.52. The Labute approximate surface area is 91.1 Å². The first-order valence-electron chi connectivity index (χ1n) is 4.98. The molecule has 0 spiro atoms. The van der Waals surface area contributed by atoms with Gasteiger partial charge in [0.15, 0.2) is 0 Å². The van der Waals surface area contributed by atoms with Gasteiger partial charge in [-0.1, -0.05) is 0 Å². The summed E-state index contributed by atoms with van der Waals surface area (Å²) >= 11 is 0. The van der Waals surface area contributed by atoms with Crippen molar-refractivity contribution in [2.24, 2.45) is 5.92 Å². The Morgan fingerprint density at radius 3 is 2.56 bits per heavy atom.